The summed E-state index contributed by atoms with van der Waals surface area (Å²) in [6, 6.07) is 14.1. The van der Waals surface area contributed by atoms with Gasteiger partial charge in [-0.25, -0.2) is 13.1 Å². The lowest BCUT2D eigenvalue weighted by Gasteiger charge is -2.11. The number of benzene rings is 2. The Labute approximate surface area is 152 Å². The average Bonchev–Trinajstić information content (AvgIpc) is 2.65. The summed E-state index contributed by atoms with van der Waals surface area (Å²) in [7, 11) is -2.04. The molecule has 0 fully saturated rings. The zero-order valence-corrected chi connectivity index (χ0v) is 15.4. The van der Waals surface area contributed by atoms with Gasteiger partial charge in [-0.05, 0) is 55.0 Å². The van der Waals surface area contributed by atoms with Crippen molar-refractivity contribution in [3.63, 3.8) is 0 Å². The Morgan fingerprint density at radius 2 is 1.96 bits per heavy atom. The number of nitrogens with zero attached hydrogens (tertiary/aromatic N) is 1. The fourth-order valence-electron chi connectivity index (χ4n) is 2.59. The SMILES string of the molecule is COc1ccc(S(=O)(=O)NCCOc2ccc3ncccc3c2)cc1C. The molecule has 0 aliphatic heterocycles. The van der Waals surface area contributed by atoms with E-state index in [2.05, 4.69) is 9.71 Å². The topological polar surface area (TPSA) is 77.5 Å². The van der Waals surface area contributed by atoms with Crippen LogP contribution in [0.25, 0.3) is 10.9 Å². The van der Waals surface area contributed by atoms with Crippen LogP contribution in [0, 0.1) is 6.92 Å². The molecule has 0 aliphatic carbocycles. The van der Waals surface area contributed by atoms with Gasteiger partial charge in [-0.1, -0.05) is 6.07 Å². The molecule has 136 valence electrons. The molecule has 3 aromatic rings. The number of rotatable bonds is 7. The van der Waals surface area contributed by atoms with Gasteiger partial charge in [0.25, 0.3) is 0 Å². The Bertz CT molecular complexity index is 1020. The van der Waals surface area contributed by atoms with Gasteiger partial charge in [0.1, 0.15) is 18.1 Å². The average molecular weight is 372 g/mol. The van der Waals surface area contributed by atoms with Gasteiger partial charge in [-0.15, -0.1) is 0 Å². The van der Waals surface area contributed by atoms with Gasteiger partial charge in [-0.3, -0.25) is 4.98 Å². The summed E-state index contributed by atoms with van der Waals surface area (Å²) in [6.07, 6.45) is 1.73. The fraction of sp³-hybridized carbons (Fsp3) is 0.211. The molecule has 0 saturated carbocycles. The van der Waals surface area contributed by atoms with E-state index >= 15 is 0 Å². The molecule has 6 nitrogen and oxygen atoms in total. The second kappa shape index (κ2) is 7.72. The first-order valence-corrected chi connectivity index (χ1v) is 9.60. The molecule has 0 atom stereocenters. The monoisotopic (exact) mass is 372 g/mol. The number of ether oxygens (including phenoxy) is 2. The lowest BCUT2D eigenvalue weighted by Crippen LogP contribution is -2.28. The summed E-state index contributed by atoms with van der Waals surface area (Å²) < 4.78 is 38.0. The van der Waals surface area contributed by atoms with Gasteiger partial charge in [0.2, 0.25) is 10.0 Å². The third-order valence-corrected chi connectivity index (χ3v) is 5.37. The van der Waals surface area contributed by atoms with Crippen LogP contribution in [-0.2, 0) is 10.0 Å². The third-order valence-electron chi connectivity index (χ3n) is 3.91. The maximum atomic E-state index is 12.4. The van der Waals surface area contributed by atoms with E-state index in [4.69, 9.17) is 9.47 Å². The fourth-order valence-corrected chi connectivity index (χ4v) is 3.69. The Morgan fingerprint density at radius 1 is 1.12 bits per heavy atom. The standard InChI is InChI=1S/C19H20N2O4S/c1-14-12-17(6-8-19(14)24-2)26(22,23)21-10-11-25-16-5-7-18-15(13-16)4-3-9-20-18/h3-9,12-13,21H,10-11H2,1-2H3. The van der Waals surface area contributed by atoms with Gasteiger partial charge in [-0.2, -0.15) is 0 Å². The molecule has 0 saturated heterocycles. The number of fused-ring (bicyclic) bond motifs is 1. The number of sulfonamides is 1. The number of pyridine rings is 1. The first kappa shape index (κ1) is 18.2. The molecule has 0 aliphatic rings. The van der Waals surface area contributed by atoms with Crippen molar-refractivity contribution in [3.05, 3.63) is 60.3 Å². The molecule has 0 amide bonds. The maximum absolute atomic E-state index is 12.4. The van der Waals surface area contributed by atoms with Crippen molar-refractivity contribution in [2.24, 2.45) is 0 Å². The van der Waals surface area contributed by atoms with E-state index < -0.39 is 10.0 Å². The number of hydrogen-bond acceptors (Lipinski definition) is 5. The van der Waals surface area contributed by atoms with E-state index in [0.717, 1.165) is 16.5 Å². The maximum Gasteiger partial charge on any atom is 0.240 e. The van der Waals surface area contributed by atoms with Crippen LogP contribution in [-0.4, -0.2) is 33.7 Å². The predicted molar refractivity (Wildman–Crippen MR) is 100 cm³/mol. The summed E-state index contributed by atoms with van der Waals surface area (Å²) in [5.74, 6) is 1.32. The number of nitrogens with one attached hydrogen (secondary N) is 1. The van der Waals surface area contributed by atoms with Crippen LogP contribution in [0.1, 0.15) is 5.56 Å². The molecule has 7 heteroatoms. The van der Waals surface area contributed by atoms with Gasteiger partial charge < -0.3 is 9.47 Å². The molecule has 2 aromatic carbocycles. The zero-order chi connectivity index (χ0) is 18.6. The number of methoxy groups -OCH3 is 1. The Balaban J connectivity index is 1.58. The van der Waals surface area contributed by atoms with Crippen molar-refractivity contribution in [1.82, 2.24) is 9.71 Å². The van der Waals surface area contributed by atoms with Crippen molar-refractivity contribution in [1.29, 1.82) is 0 Å². The molecule has 0 bridgehead atoms. The van der Waals surface area contributed by atoms with E-state index in [0.29, 0.717) is 11.5 Å². The molecule has 0 spiro atoms. The second-order valence-corrected chi connectivity index (χ2v) is 7.50. The highest BCUT2D eigenvalue weighted by atomic mass is 32.2. The van der Waals surface area contributed by atoms with Gasteiger partial charge in [0, 0.05) is 18.1 Å². The molecule has 1 heterocycles. The van der Waals surface area contributed by atoms with Crippen LogP contribution in [0.4, 0.5) is 0 Å². The second-order valence-electron chi connectivity index (χ2n) is 5.74. The smallest absolute Gasteiger partial charge is 0.240 e. The summed E-state index contributed by atoms with van der Waals surface area (Å²) in [4.78, 5) is 4.45. The predicted octanol–water partition coefficient (Wildman–Crippen LogP) is 2.91. The van der Waals surface area contributed by atoms with Crippen molar-refractivity contribution < 1.29 is 17.9 Å². The van der Waals surface area contributed by atoms with Crippen molar-refractivity contribution >= 4 is 20.9 Å². The van der Waals surface area contributed by atoms with E-state index in [9.17, 15) is 8.42 Å². The van der Waals surface area contributed by atoms with Gasteiger partial charge >= 0.3 is 0 Å². The molecule has 1 aromatic heterocycles. The quantitative estimate of drug-likeness (QED) is 0.645. The minimum atomic E-state index is -3.59. The Morgan fingerprint density at radius 3 is 2.73 bits per heavy atom. The van der Waals surface area contributed by atoms with Crippen LogP contribution in [0.2, 0.25) is 0 Å². The van der Waals surface area contributed by atoms with E-state index in [1.165, 1.54) is 6.07 Å². The van der Waals surface area contributed by atoms with Crippen molar-refractivity contribution in [3.8, 4) is 11.5 Å². The van der Waals surface area contributed by atoms with Gasteiger partial charge in [0.05, 0.1) is 17.5 Å². The highest BCUT2D eigenvalue weighted by Crippen LogP contribution is 2.21. The van der Waals surface area contributed by atoms with Crippen LogP contribution in [0.3, 0.4) is 0 Å². The molecule has 26 heavy (non-hydrogen) atoms. The van der Waals surface area contributed by atoms with Crippen LogP contribution in [0.15, 0.2) is 59.6 Å². The summed E-state index contributed by atoms with van der Waals surface area (Å²) in [5.41, 5.74) is 1.65. The molecular formula is C19H20N2O4S. The zero-order valence-electron chi connectivity index (χ0n) is 14.6. The minimum absolute atomic E-state index is 0.165. The molecule has 1 N–H and O–H groups in total. The molecular weight excluding hydrogens is 352 g/mol. The number of aromatic nitrogens is 1. The lowest BCUT2D eigenvalue weighted by atomic mass is 10.2. The summed E-state index contributed by atoms with van der Waals surface area (Å²) >= 11 is 0. The largest absolute Gasteiger partial charge is 0.496 e. The Kier molecular flexibility index (Phi) is 5.39. The van der Waals surface area contributed by atoms with Crippen LogP contribution in [0.5, 0.6) is 11.5 Å². The first-order valence-electron chi connectivity index (χ1n) is 8.11. The lowest BCUT2D eigenvalue weighted by molar-refractivity contribution is 0.323. The summed E-state index contributed by atoms with van der Waals surface area (Å²) in [5, 5.41) is 0.972. The normalized spacial score (nSPS) is 11.5. The number of hydrogen-bond donors (Lipinski definition) is 1. The molecule has 3 rings (SSSR count). The third kappa shape index (κ3) is 4.12. The van der Waals surface area contributed by atoms with E-state index in [1.54, 1.807) is 32.4 Å². The number of aryl methyl sites for hydroxylation is 1. The first-order chi connectivity index (χ1) is 12.5. The van der Waals surface area contributed by atoms with Crippen molar-refractivity contribution in [2.45, 2.75) is 11.8 Å². The van der Waals surface area contributed by atoms with Crippen LogP contribution >= 0.6 is 0 Å². The van der Waals surface area contributed by atoms with Crippen LogP contribution < -0.4 is 14.2 Å². The Hall–Kier alpha value is -2.64. The summed E-state index contributed by atoms with van der Waals surface area (Å²) in [6.45, 7) is 2.19. The van der Waals surface area contributed by atoms with E-state index in [-0.39, 0.29) is 18.0 Å². The van der Waals surface area contributed by atoms with E-state index in [1.807, 2.05) is 30.3 Å². The van der Waals surface area contributed by atoms with Gasteiger partial charge in [0.15, 0.2) is 0 Å². The molecule has 0 radical (unpaired) electrons. The highest BCUT2D eigenvalue weighted by Gasteiger charge is 2.14. The minimum Gasteiger partial charge on any atom is -0.496 e. The highest BCUT2D eigenvalue weighted by molar-refractivity contribution is 7.89. The van der Waals surface area contributed by atoms with Crippen molar-refractivity contribution in [2.75, 3.05) is 20.3 Å². The molecule has 0 unspecified atom stereocenters.